The SMILES string of the molecule is C[C@@H](Cc1ccccc1)[n+]1cc(=O)o[nH]1. The van der Waals surface area contributed by atoms with Crippen LogP contribution < -0.4 is 10.3 Å². The molecule has 0 aliphatic rings. The highest BCUT2D eigenvalue weighted by Gasteiger charge is 2.16. The van der Waals surface area contributed by atoms with Crippen molar-refractivity contribution in [1.29, 1.82) is 0 Å². The molecule has 78 valence electrons. The van der Waals surface area contributed by atoms with E-state index in [2.05, 4.69) is 21.9 Å². The smallest absolute Gasteiger partial charge is 0.284 e. The lowest BCUT2D eigenvalue weighted by Crippen LogP contribution is -2.40. The zero-order valence-corrected chi connectivity index (χ0v) is 8.51. The number of aromatic nitrogens is 2. The molecule has 15 heavy (non-hydrogen) atoms. The summed E-state index contributed by atoms with van der Waals surface area (Å²) >= 11 is 0. The quantitative estimate of drug-likeness (QED) is 0.762. The van der Waals surface area contributed by atoms with Crippen LogP contribution in [0.2, 0.25) is 0 Å². The van der Waals surface area contributed by atoms with E-state index in [0.717, 1.165) is 6.42 Å². The van der Waals surface area contributed by atoms with E-state index in [1.807, 2.05) is 25.1 Å². The maximum Gasteiger partial charge on any atom is 0.426 e. The van der Waals surface area contributed by atoms with Crippen LogP contribution in [0.15, 0.2) is 45.8 Å². The summed E-state index contributed by atoms with van der Waals surface area (Å²) in [6, 6.07) is 10.3. The fourth-order valence-electron chi connectivity index (χ4n) is 1.53. The van der Waals surface area contributed by atoms with Gasteiger partial charge in [-0.05, 0) is 10.8 Å². The fraction of sp³-hybridized carbons (Fsp3) is 0.273. The molecule has 0 unspecified atom stereocenters. The van der Waals surface area contributed by atoms with Crippen molar-refractivity contribution >= 4 is 0 Å². The van der Waals surface area contributed by atoms with Crippen LogP contribution >= 0.6 is 0 Å². The zero-order chi connectivity index (χ0) is 10.7. The van der Waals surface area contributed by atoms with Gasteiger partial charge in [0.1, 0.15) is 0 Å². The van der Waals surface area contributed by atoms with Gasteiger partial charge in [-0.3, -0.25) is 4.52 Å². The van der Waals surface area contributed by atoms with E-state index in [9.17, 15) is 4.79 Å². The van der Waals surface area contributed by atoms with Gasteiger partial charge in [0.15, 0.2) is 6.04 Å². The molecular weight excluding hydrogens is 192 g/mol. The van der Waals surface area contributed by atoms with E-state index >= 15 is 0 Å². The molecule has 0 saturated carbocycles. The average molecular weight is 205 g/mol. The Hall–Kier alpha value is -1.84. The number of nitrogens with one attached hydrogen (secondary N) is 1. The van der Waals surface area contributed by atoms with Gasteiger partial charge in [0.05, 0.1) is 0 Å². The van der Waals surface area contributed by atoms with Crippen molar-refractivity contribution in [2.24, 2.45) is 0 Å². The Labute approximate surface area is 87.1 Å². The van der Waals surface area contributed by atoms with Gasteiger partial charge in [-0.15, -0.1) is 0 Å². The summed E-state index contributed by atoms with van der Waals surface area (Å²) in [6.07, 6.45) is 2.29. The number of hydrogen-bond acceptors (Lipinski definition) is 2. The zero-order valence-electron chi connectivity index (χ0n) is 8.51. The first-order chi connectivity index (χ1) is 7.25. The van der Waals surface area contributed by atoms with Crippen LogP contribution in [-0.4, -0.2) is 5.27 Å². The van der Waals surface area contributed by atoms with Crippen molar-refractivity contribution in [3.05, 3.63) is 52.5 Å². The predicted octanol–water partition coefficient (Wildman–Crippen LogP) is 1.06. The van der Waals surface area contributed by atoms with Crippen molar-refractivity contribution in [2.75, 3.05) is 0 Å². The van der Waals surface area contributed by atoms with Crippen molar-refractivity contribution in [3.63, 3.8) is 0 Å². The summed E-state index contributed by atoms with van der Waals surface area (Å²) in [5.41, 5.74) is 0.884. The molecule has 1 atom stereocenters. The van der Waals surface area contributed by atoms with Gasteiger partial charge in [-0.1, -0.05) is 35.0 Å². The molecule has 1 aromatic carbocycles. The van der Waals surface area contributed by atoms with Crippen molar-refractivity contribution in [2.45, 2.75) is 19.4 Å². The Kier molecular flexibility index (Phi) is 2.67. The summed E-state index contributed by atoms with van der Waals surface area (Å²) < 4.78 is 6.28. The molecule has 2 aromatic rings. The molecule has 0 spiro atoms. The minimum atomic E-state index is -0.352. The molecule has 1 aromatic heterocycles. The second kappa shape index (κ2) is 4.13. The largest absolute Gasteiger partial charge is 0.426 e. The Morgan fingerprint density at radius 2 is 2.13 bits per heavy atom. The summed E-state index contributed by atoms with van der Waals surface area (Å²) in [4.78, 5) is 10.8. The summed E-state index contributed by atoms with van der Waals surface area (Å²) in [5.74, 6) is 0. The van der Waals surface area contributed by atoms with Crippen LogP contribution in [0.4, 0.5) is 0 Å². The van der Waals surface area contributed by atoms with Crippen molar-refractivity contribution < 1.29 is 9.20 Å². The Bertz CT molecular complexity index is 473. The molecule has 4 nitrogen and oxygen atoms in total. The van der Waals surface area contributed by atoms with Crippen LogP contribution in [0, 0.1) is 0 Å². The lowest BCUT2D eigenvalue weighted by Gasteiger charge is -2.02. The van der Waals surface area contributed by atoms with Gasteiger partial charge in [0, 0.05) is 13.3 Å². The molecule has 0 fully saturated rings. The van der Waals surface area contributed by atoms with Crippen LogP contribution in [0.25, 0.3) is 0 Å². The van der Waals surface area contributed by atoms with E-state index in [4.69, 9.17) is 0 Å². The number of rotatable bonds is 3. The molecule has 1 heterocycles. The molecule has 0 saturated heterocycles. The normalized spacial score (nSPS) is 12.6. The summed E-state index contributed by atoms with van der Waals surface area (Å²) in [7, 11) is 0. The summed E-state index contributed by atoms with van der Waals surface area (Å²) in [5, 5.41) is 2.55. The van der Waals surface area contributed by atoms with Gasteiger partial charge in [-0.2, -0.15) is 0 Å². The van der Waals surface area contributed by atoms with E-state index < -0.39 is 0 Å². The second-order valence-corrected chi connectivity index (χ2v) is 3.59. The van der Waals surface area contributed by atoms with Crippen LogP contribution in [-0.2, 0) is 6.42 Å². The first kappa shape index (κ1) is 9.71. The maximum atomic E-state index is 10.8. The van der Waals surface area contributed by atoms with E-state index in [0.29, 0.717) is 0 Å². The first-order valence-electron chi connectivity index (χ1n) is 4.89. The Balaban J connectivity index is 2.10. The standard InChI is InChI=1S/C11H12N2O2/c1-9(13-8-11(14)15-12-13)7-10-5-3-2-4-6-10/h2-6,8-9H,7H2,1H3/p+1/t9-/m0/s1. The van der Waals surface area contributed by atoms with Crippen molar-refractivity contribution in [1.82, 2.24) is 5.27 Å². The van der Waals surface area contributed by atoms with E-state index in [-0.39, 0.29) is 11.7 Å². The highest BCUT2D eigenvalue weighted by Crippen LogP contribution is 2.06. The third kappa shape index (κ3) is 2.34. The van der Waals surface area contributed by atoms with Gasteiger partial charge in [0.2, 0.25) is 0 Å². The molecule has 0 aliphatic heterocycles. The van der Waals surface area contributed by atoms with Crippen LogP contribution in [0.5, 0.6) is 0 Å². The Morgan fingerprint density at radius 3 is 2.73 bits per heavy atom. The van der Waals surface area contributed by atoms with Crippen LogP contribution in [0.3, 0.4) is 0 Å². The molecule has 0 amide bonds. The van der Waals surface area contributed by atoms with Gasteiger partial charge in [-0.25, -0.2) is 4.79 Å². The first-order valence-corrected chi connectivity index (χ1v) is 4.89. The van der Waals surface area contributed by atoms with E-state index in [1.54, 1.807) is 4.68 Å². The second-order valence-electron chi connectivity index (χ2n) is 3.59. The fourth-order valence-corrected chi connectivity index (χ4v) is 1.53. The number of nitrogens with zero attached hydrogens (tertiary/aromatic N) is 1. The molecule has 4 heteroatoms. The van der Waals surface area contributed by atoms with E-state index in [1.165, 1.54) is 11.8 Å². The highest BCUT2D eigenvalue weighted by molar-refractivity contribution is 5.14. The topological polar surface area (TPSA) is 49.9 Å². The molecule has 1 N–H and O–H groups in total. The predicted molar refractivity (Wildman–Crippen MR) is 54.4 cm³/mol. The number of H-pyrrole nitrogens is 1. The lowest BCUT2D eigenvalue weighted by molar-refractivity contribution is -0.782. The molecular formula is C11H13N2O2+. The van der Waals surface area contributed by atoms with Gasteiger partial charge in [0.25, 0.3) is 6.20 Å². The molecule has 0 bridgehead atoms. The number of benzene rings is 1. The summed E-state index contributed by atoms with van der Waals surface area (Å²) in [6.45, 7) is 2.03. The third-order valence-corrected chi connectivity index (χ3v) is 2.34. The minimum Gasteiger partial charge on any atom is -0.284 e. The molecule has 0 aliphatic carbocycles. The van der Waals surface area contributed by atoms with Crippen molar-refractivity contribution in [3.8, 4) is 0 Å². The van der Waals surface area contributed by atoms with Gasteiger partial charge < -0.3 is 0 Å². The molecule has 0 radical (unpaired) electrons. The minimum absolute atomic E-state index is 0.179. The van der Waals surface area contributed by atoms with Gasteiger partial charge >= 0.3 is 5.63 Å². The molecule has 2 rings (SSSR count). The number of hydrogen-bond donors (Lipinski definition) is 1. The maximum absolute atomic E-state index is 10.8. The monoisotopic (exact) mass is 205 g/mol. The highest BCUT2D eigenvalue weighted by atomic mass is 16.5. The third-order valence-electron chi connectivity index (χ3n) is 2.34. The Morgan fingerprint density at radius 1 is 1.40 bits per heavy atom. The number of aromatic amines is 1. The average Bonchev–Trinajstić information content (AvgIpc) is 2.66. The lowest BCUT2D eigenvalue weighted by atomic mass is 10.1. The van der Waals surface area contributed by atoms with Crippen LogP contribution in [0.1, 0.15) is 18.5 Å².